The van der Waals surface area contributed by atoms with Crippen molar-refractivity contribution in [2.24, 2.45) is 10.9 Å². The highest BCUT2D eigenvalue weighted by Crippen LogP contribution is 2.36. The summed E-state index contributed by atoms with van der Waals surface area (Å²) in [6.07, 6.45) is 1.53. The highest BCUT2D eigenvalue weighted by molar-refractivity contribution is 7.07. The van der Waals surface area contributed by atoms with E-state index < -0.39 is 28.5 Å². The fourth-order valence-electron chi connectivity index (χ4n) is 4.86. The molecule has 0 spiro atoms. The van der Waals surface area contributed by atoms with Gasteiger partial charge in [-0.2, -0.15) is 0 Å². The van der Waals surface area contributed by atoms with Gasteiger partial charge in [0.05, 0.1) is 46.0 Å². The SMILES string of the molecule is COc1cc(C2C(C(=O)OCC(C)C)=C(C)N=c3sc(=Cc4ccc(-c5ccccc5[N+](=O)[O-])o4)c(=O)n32)ccc1OC(C)=O. The largest absolute Gasteiger partial charge is 0.493 e. The molecular formula is C32H29N3O9S. The van der Waals surface area contributed by atoms with Crippen LogP contribution in [0.15, 0.2) is 80.1 Å². The van der Waals surface area contributed by atoms with Gasteiger partial charge in [0.2, 0.25) is 0 Å². The molecule has 1 aliphatic rings. The van der Waals surface area contributed by atoms with E-state index in [0.29, 0.717) is 27.4 Å². The standard InChI is InChI=1S/C32H29N3O9S/c1-17(2)16-42-31(38)28-18(3)33-32-34(29(28)20-10-12-25(43-19(4)36)26(14-20)41-5)30(37)27(45-32)15-21-11-13-24(44-21)22-8-6-7-9-23(22)35(39)40/h6-15,17,29H,16H2,1-5H3. The predicted molar refractivity (Wildman–Crippen MR) is 165 cm³/mol. The summed E-state index contributed by atoms with van der Waals surface area (Å²) < 4.78 is 23.9. The number of para-hydroxylation sites is 1. The highest BCUT2D eigenvalue weighted by Gasteiger charge is 2.34. The molecule has 1 atom stereocenters. The van der Waals surface area contributed by atoms with E-state index in [1.54, 1.807) is 49.4 Å². The number of methoxy groups -OCH3 is 1. The van der Waals surface area contributed by atoms with Gasteiger partial charge in [0.25, 0.3) is 11.2 Å². The van der Waals surface area contributed by atoms with Crippen molar-refractivity contribution < 1.29 is 33.1 Å². The Morgan fingerprint density at radius 1 is 1.16 bits per heavy atom. The van der Waals surface area contributed by atoms with Crippen molar-refractivity contribution in [3.63, 3.8) is 0 Å². The molecule has 0 N–H and O–H groups in total. The smallest absolute Gasteiger partial charge is 0.338 e. The number of fused-ring (bicyclic) bond motifs is 1. The number of rotatable bonds is 9. The third kappa shape index (κ3) is 6.34. The average Bonchev–Trinajstić information content (AvgIpc) is 3.59. The molecule has 0 aliphatic carbocycles. The van der Waals surface area contributed by atoms with Crippen LogP contribution in [0.25, 0.3) is 17.4 Å². The number of nitro benzene ring substituents is 1. The first-order valence-corrected chi connectivity index (χ1v) is 14.7. The fourth-order valence-corrected chi connectivity index (χ4v) is 5.88. The van der Waals surface area contributed by atoms with Crippen molar-refractivity contribution in [1.82, 2.24) is 4.57 Å². The minimum Gasteiger partial charge on any atom is -0.493 e. The molecule has 5 rings (SSSR count). The average molecular weight is 632 g/mol. The number of aromatic nitrogens is 1. The summed E-state index contributed by atoms with van der Waals surface area (Å²) in [5.41, 5.74) is 0.792. The van der Waals surface area contributed by atoms with Gasteiger partial charge in [-0.1, -0.05) is 43.4 Å². The van der Waals surface area contributed by atoms with E-state index >= 15 is 0 Å². The first-order chi connectivity index (χ1) is 21.5. The molecule has 2 aromatic heterocycles. The number of furan rings is 1. The molecule has 0 saturated carbocycles. The maximum atomic E-state index is 14.0. The summed E-state index contributed by atoms with van der Waals surface area (Å²) in [5.74, 6) is -0.105. The maximum absolute atomic E-state index is 14.0. The van der Waals surface area contributed by atoms with Crippen molar-refractivity contribution >= 4 is 35.0 Å². The molecule has 0 radical (unpaired) electrons. The Bertz CT molecular complexity index is 2030. The summed E-state index contributed by atoms with van der Waals surface area (Å²) in [7, 11) is 1.41. The monoisotopic (exact) mass is 631 g/mol. The lowest BCUT2D eigenvalue weighted by atomic mass is 9.95. The highest BCUT2D eigenvalue weighted by atomic mass is 32.1. The minimum atomic E-state index is -0.942. The van der Waals surface area contributed by atoms with E-state index in [9.17, 15) is 24.5 Å². The Labute approximate surface area is 260 Å². The quantitative estimate of drug-likeness (QED) is 0.112. The molecule has 0 saturated heterocycles. The van der Waals surface area contributed by atoms with E-state index in [0.717, 1.165) is 11.3 Å². The maximum Gasteiger partial charge on any atom is 0.338 e. The number of thiazole rings is 1. The zero-order valence-corrected chi connectivity index (χ0v) is 25.9. The molecular weight excluding hydrogens is 602 g/mol. The van der Waals surface area contributed by atoms with Crippen LogP contribution < -0.4 is 24.4 Å². The van der Waals surface area contributed by atoms with Gasteiger partial charge in [0, 0.05) is 19.1 Å². The molecule has 1 aliphatic heterocycles. The minimum absolute atomic E-state index is 0.0769. The Morgan fingerprint density at radius 2 is 1.91 bits per heavy atom. The van der Waals surface area contributed by atoms with Crippen LogP contribution >= 0.6 is 11.3 Å². The molecule has 45 heavy (non-hydrogen) atoms. The number of ether oxygens (including phenoxy) is 3. The van der Waals surface area contributed by atoms with E-state index in [-0.39, 0.29) is 45.6 Å². The third-order valence-electron chi connectivity index (χ3n) is 6.81. The van der Waals surface area contributed by atoms with Crippen LogP contribution in [0.4, 0.5) is 5.69 Å². The van der Waals surface area contributed by atoms with Crippen LogP contribution in [0.2, 0.25) is 0 Å². The normalized spacial score (nSPS) is 14.6. The molecule has 0 amide bonds. The first-order valence-electron chi connectivity index (χ1n) is 13.9. The summed E-state index contributed by atoms with van der Waals surface area (Å²) in [6, 6.07) is 13.2. The van der Waals surface area contributed by atoms with Gasteiger partial charge >= 0.3 is 11.9 Å². The Balaban J connectivity index is 1.64. The van der Waals surface area contributed by atoms with E-state index in [2.05, 4.69) is 4.99 Å². The first kappa shape index (κ1) is 31.1. The zero-order valence-electron chi connectivity index (χ0n) is 25.1. The topological polar surface area (TPSA) is 152 Å². The predicted octanol–water partition coefficient (Wildman–Crippen LogP) is 4.54. The third-order valence-corrected chi connectivity index (χ3v) is 7.80. The number of carbonyl (C=O) groups excluding carboxylic acids is 2. The van der Waals surface area contributed by atoms with E-state index in [4.69, 9.17) is 18.6 Å². The van der Waals surface area contributed by atoms with Gasteiger partial charge in [-0.05, 0) is 48.7 Å². The number of hydrogen-bond donors (Lipinski definition) is 0. The molecule has 2 aromatic carbocycles. The van der Waals surface area contributed by atoms with Gasteiger partial charge in [0.1, 0.15) is 11.5 Å². The van der Waals surface area contributed by atoms with Crippen molar-refractivity contribution in [2.75, 3.05) is 13.7 Å². The second-order valence-corrected chi connectivity index (χ2v) is 11.6. The summed E-state index contributed by atoms with van der Waals surface area (Å²) in [5, 5.41) is 11.5. The molecule has 1 unspecified atom stereocenters. The lowest BCUT2D eigenvalue weighted by Crippen LogP contribution is -2.40. The number of allylic oxidation sites excluding steroid dienone is 1. The van der Waals surface area contributed by atoms with Gasteiger partial charge < -0.3 is 18.6 Å². The zero-order chi connectivity index (χ0) is 32.4. The van der Waals surface area contributed by atoms with E-state index in [1.807, 2.05) is 13.8 Å². The van der Waals surface area contributed by atoms with E-state index in [1.165, 1.54) is 36.8 Å². The van der Waals surface area contributed by atoms with Gasteiger partial charge in [-0.3, -0.25) is 24.3 Å². The molecule has 0 bridgehead atoms. The van der Waals surface area contributed by atoms with Gasteiger partial charge in [0.15, 0.2) is 16.3 Å². The van der Waals surface area contributed by atoms with Crippen molar-refractivity contribution in [3.8, 4) is 22.8 Å². The molecule has 13 heteroatoms. The molecule has 12 nitrogen and oxygen atoms in total. The lowest BCUT2D eigenvalue weighted by Gasteiger charge is -2.25. The molecule has 3 heterocycles. The number of nitrogens with zero attached hydrogens (tertiary/aromatic N) is 3. The van der Waals surface area contributed by atoms with Gasteiger partial charge in [-0.15, -0.1) is 0 Å². The molecule has 4 aromatic rings. The lowest BCUT2D eigenvalue weighted by molar-refractivity contribution is -0.384. The number of benzene rings is 2. The second-order valence-electron chi connectivity index (χ2n) is 10.6. The van der Waals surface area contributed by atoms with Crippen molar-refractivity contribution in [3.05, 3.63) is 107 Å². The van der Waals surface area contributed by atoms with Crippen LogP contribution in [0, 0.1) is 16.0 Å². The van der Waals surface area contributed by atoms with Crippen molar-refractivity contribution in [2.45, 2.75) is 33.7 Å². The Morgan fingerprint density at radius 3 is 2.60 bits per heavy atom. The Hall–Kier alpha value is -5.30. The van der Waals surface area contributed by atoms with Crippen LogP contribution in [0.5, 0.6) is 11.5 Å². The van der Waals surface area contributed by atoms with Gasteiger partial charge in [-0.25, -0.2) is 9.79 Å². The summed E-state index contributed by atoms with van der Waals surface area (Å²) in [4.78, 5) is 55.1. The Kier molecular flexibility index (Phi) is 8.82. The number of hydrogen-bond acceptors (Lipinski definition) is 11. The van der Waals surface area contributed by atoms with Crippen LogP contribution in [-0.2, 0) is 14.3 Å². The van der Waals surface area contributed by atoms with Crippen molar-refractivity contribution in [1.29, 1.82) is 0 Å². The molecule has 232 valence electrons. The summed E-state index contributed by atoms with van der Waals surface area (Å²) in [6.45, 7) is 6.93. The number of carbonyl (C=O) groups is 2. The van der Waals surface area contributed by atoms with Crippen LogP contribution in [0.1, 0.15) is 45.1 Å². The fraction of sp³-hybridized carbons (Fsp3) is 0.250. The van der Waals surface area contributed by atoms with Crippen LogP contribution in [-0.4, -0.2) is 35.1 Å². The van der Waals surface area contributed by atoms with Crippen LogP contribution in [0.3, 0.4) is 0 Å². The molecule has 0 fully saturated rings. The number of nitro groups is 1. The summed E-state index contributed by atoms with van der Waals surface area (Å²) >= 11 is 1.10. The second kappa shape index (κ2) is 12.7. The number of esters is 2.